The monoisotopic (exact) mass is 861 g/mol. The molecule has 0 bridgehead atoms. The van der Waals surface area contributed by atoms with E-state index in [1.54, 1.807) is 36.4 Å². The maximum absolute atomic E-state index is 14.4. The van der Waals surface area contributed by atoms with E-state index >= 15 is 0 Å². The second kappa shape index (κ2) is 14.5. The molecule has 4 aromatic rings. The van der Waals surface area contributed by atoms with Gasteiger partial charge in [0, 0.05) is 0 Å². The van der Waals surface area contributed by atoms with Gasteiger partial charge in [-0.2, -0.15) is 0 Å². The summed E-state index contributed by atoms with van der Waals surface area (Å²) in [4.78, 5) is 24.8. The van der Waals surface area contributed by atoms with Crippen molar-refractivity contribution < 1.29 is 52.1 Å². The molecule has 281 valence electrons. The molecule has 0 heterocycles. The Balaban J connectivity index is 1.70. The summed E-state index contributed by atoms with van der Waals surface area (Å²) in [6, 6.07) is 20.5. The molecule has 0 aromatic heterocycles. The van der Waals surface area contributed by atoms with Crippen molar-refractivity contribution in [1.82, 2.24) is 10.5 Å². The van der Waals surface area contributed by atoms with E-state index in [0.717, 1.165) is 12.1 Å². The fraction of sp³-hybridized carbons (Fsp3) is 0.250. The quantitative estimate of drug-likeness (QED) is 0.0897. The molecule has 54 heavy (non-hydrogen) atoms. The van der Waals surface area contributed by atoms with Crippen molar-refractivity contribution in [2.45, 2.75) is 47.3 Å². The van der Waals surface area contributed by atoms with Gasteiger partial charge >= 0.3 is 320 Å². The molecule has 2 aliphatic rings. The van der Waals surface area contributed by atoms with Gasteiger partial charge in [0.2, 0.25) is 0 Å². The van der Waals surface area contributed by atoms with Crippen LogP contribution in [0.1, 0.15) is 68.3 Å². The van der Waals surface area contributed by atoms with Crippen LogP contribution in [0.25, 0.3) is 34.4 Å². The van der Waals surface area contributed by atoms with Crippen LogP contribution >= 0.6 is 17.0 Å². The SMILES string of the molecule is CC(C)C1=Cc2c(-c3ccccc3C(F)(F)F)cccc2[CH]1[Zr]([Cl])([Cl])([B](NC=O)NC=O)[CH]1C(C(C)C)=Cc2c(-c3ccccc3C(F)(F)F)cccc21. The van der Waals surface area contributed by atoms with Gasteiger partial charge in [-0.1, -0.05) is 0 Å². The summed E-state index contributed by atoms with van der Waals surface area (Å²) in [5.41, 5.74) is 2.25. The number of benzene rings is 4. The van der Waals surface area contributed by atoms with Gasteiger partial charge in [-0.05, 0) is 0 Å². The molecule has 2 unspecified atom stereocenters. The van der Waals surface area contributed by atoms with Gasteiger partial charge in [-0.3, -0.25) is 0 Å². The predicted molar refractivity (Wildman–Crippen MR) is 201 cm³/mol. The molecule has 2 aliphatic carbocycles. The summed E-state index contributed by atoms with van der Waals surface area (Å²) in [5, 5.41) is 5.41. The number of alkyl halides is 6. The first-order chi connectivity index (χ1) is 25.4. The summed E-state index contributed by atoms with van der Waals surface area (Å²) in [5.74, 6) is -0.548. The van der Waals surface area contributed by atoms with Crippen molar-refractivity contribution in [3.05, 3.63) is 129 Å². The molecule has 0 aliphatic heterocycles. The average molecular weight is 864 g/mol. The van der Waals surface area contributed by atoms with Crippen LogP contribution in [0.2, 0.25) is 0 Å². The Kier molecular flexibility index (Phi) is 10.8. The number of nitrogens with one attached hydrogen (secondary N) is 2. The van der Waals surface area contributed by atoms with Crippen LogP contribution in [-0.2, 0) is 38.1 Å². The number of hydrogen-bond acceptors (Lipinski definition) is 2. The molecule has 2 amide bonds. The molecule has 2 atom stereocenters. The fourth-order valence-corrected chi connectivity index (χ4v) is 29.4. The Morgan fingerprint density at radius 1 is 0.593 bits per heavy atom. The summed E-state index contributed by atoms with van der Waals surface area (Å²) in [7, 11) is 16.7. The molecule has 2 N–H and O–H groups in total. The van der Waals surface area contributed by atoms with Gasteiger partial charge in [-0.15, -0.1) is 0 Å². The molecule has 0 saturated heterocycles. The average Bonchev–Trinajstić information content (AvgIpc) is 3.73. The molecule has 14 heteroatoms. The van der Waals surface area contributed by atoms with Crippen molar-refractivity contribution in [2.24, 2.45) is 11.8 Å². The van der Waals surface area contributed by atoms with E-state index < -0.39 is 51.4 Å². The first-order valence-electron chi connectivity index (χ1n) is 17.3. The Morgan fingerprint density at radius 3 is 1.28 bits per heavy atom. The van der Waals surface area contributed by atoms with Gasteiger partial charge < -0.3 is 0 Å². The number of hydrogen-bond donors (Lipinski definition) is 2. The Morgan fingerprint density at radius 2 is 0.944 bits per heavy atom. The van der Waals surface area contributed by atoms with Crippen LogP contribution < -0.4 is 10.5 Å². The van der Waals surface area contributed by atoms with E-state index in [0.29, 0.717) is 57.3 Å². The van der Waals surface area contributed by atoms with Crippen LogP contribution in [-0.4, -0.2) is 17.3 Å². The topological polar surface area (TPSA) is 58.2 Å². The molecule has 0 radical (unpaired) electrons. The fourth-order valence-electron chi connectivity index (χ4n) is 8.48. The van der Waals surface area contributed by atoms with Gasteiger partial charge in [0.1, 0.15) is 0 Å². The molecule has 6 rings (SSSR count). The van der Waals surface area contributed by atoms with Crippen molar-refractivity contribution in [3.63, 3.8) is 0 Å². The van der Waals surface area contributed by atoms with Crippen LogP contribution in [0.5, 0.6) is 0 Å². The van der Waals surface area contributed by atoms with E-state index in [1.165, 1.54) is 36.4 Å². The summed E-state index contributed by atoms with van der Waals surface area (Å²) in [6.45, 7) is 7.61. The summed E-state index contributed by atoms with van der Waals surface area (Å²) in [6.07, 6.45) is -4.93. The molecule has 0 fully saturated rings. The number of carbonyl (C=O) groups is 2. The van der Waals surface area contributed by atoms with Crippen LogP contribution in [0.15, 0.2) is 96.1 Å². The van der Waals surface area contributed by atoms with E-state index in [2.05, 4.69) is 10.5 Å². The first-order valence-corrected chi connectivity index (χ1v) is 27.9. The van der Waals surface area contributed by atoms with Gasteiger partial charge in [-0.25, -0.2) is 0 Å². The number of rotatable bonds is 11. The van der Waals surface area contributed by atoms with E-state index in [4.69, 9.17) is 17.0 Å². The minimum absolute atomic E-state index is 0.0451. The van der Waals surface area contributed by atoms with E-state index in [9.17, 15) is 35.9 Å². The van der Waals surface area contributed by atoms with Crippen molar-refractivity contribution in [1.29, 1.82) is 0 Å². The summed E-state index contributed by atoms with van der Waals surface area (Å²) >= 11 is -6.39. The second-order valence-corrected chi connectivity index (χ2v) is 35.8. The third kappa shape index (κ3) is 6.60. The number of halogens is 8. The van der Waals surface area contributed by atoms with Crippen molar-refractivity contribution >= 4 is 46.5 Å². The first kappa shape index (κ1) is 40.1. The van der Waals surface area contributed by atoms with E-state index in [1.807, 2.05) is 39.8 Å². The van der Waals surface area contributed by atoms with Crippen LogP contribution in [0.4, 0.5) is 26.3 Å². The molecular weight excluding hydrogens is 827 g/mol. The van der Waals surface area contributed by atoms with Crippen LogP contribution in [0.3, 0.4) is 0 Å². The minimum atomic E-state index is -6.39. The maximum atomic E-state index is 14.4. The third-order valence-corrected chi connectivity index (χ3v) is 30.6. The van der Waals surface area contributed by atoms with Gasteiger partial charge in [0.15, 0.2) is 0 Å². The molecule has 0 spiro atoms. The Hall–Kier alpha value is -3.59. The van der Waals surface area contributed by atoms with Crippen molar-refractivity contribution in [3.8, 4) is 22.3 Å². The molecule has 4 nitrogen and oxygen atoms in total. The van der Waals surface area contributed by atoms with Crippen LogP contribution in [0, 0.1) is 11.8 Å². The molecule has 0 saturated carbocycles. The summed E-state index contributed by atoms with van der Waals surface area (Å²) < 4.78 is 83.3. The van der Waals surface area contributed by atoms with Crippen molar-refractivity contribution in [2.75, 3.05) is 0 Å². The normalized spacial score (nSPS) is 17.6. The van der Waals surface area contributed by atoms with Gasteiger partial charge in [0.05, 0.1) is 0 Å². The zero-order valence-corrected chi connectivity index (χ0v) is 33.6. The number of fused-ring (bicyclic) bond motifs is 2. The molecular formula is C40H36BCl2F6N2O2Zr. The Bertz CT molecular complexity index is 2050. The van der Waals surface area contributed by atoms with E-state index in [-0.39, 0.29) is 23.0 Å². The number of carbonyl (C=O) groups excluding carboxylic acids is 2. The molecule has 4 aromatic carbocycles. The zero-order chi connectivity index (χ0) is 39.4. The second-order valence-electron chi connectivity index (χ2n) is 14.4. The number of allylic oxidation sites excluding steroid dienone is 2. The third-order valence-electron chi connectivity index (χ3n) is 10.7. The van der Waals surface area contributed by atoms with Gasteiger partial charge in [0.25, 0.3) is 0 Å². The zero-order valence-electron chi connectivity index (χ0n) is 29.6. The predicted octanol–water partition coefficient (Wildman–Crippen LogP) is 11.4. The Labute approximate surface area is 318 Å². The number of amides is 2. The standard InChI is InChI=1S/2C19H16F3.C2H3BN2O2.2ClH.Zr/c2*1-12(2)14-10-13-6-5-8-15(17(13)11-14)16-7-3-4-9-18(16)19(20,21)22;6-1-4-3-5-2-7;;;/h2*3-12H,1-2H3;1-2H,(H-,4,5,6,7);2*1H;/q;;;;;+1/p-1.